The van der Waals surface area contributed by atoms with Gasteiger partial charge in [-0.3, -0.25) is 9.17 Å². The fraction of sp³-hybridized carbons (Fsp3) is 0. The molecule has 1 aromatic rings. The van der Waals surface area contributed by atoms with E-state index in [4.69, 9.17) is 14.0 Å². The van der Waals surface area contributed by atoms with Crippen LogP contribution >= 0.6 is 11.5 Å². The largest absolute Gasteiger partial charge is 0.321 e. The first-order valence-electron chi connectivity index (χ1n) is 1.99. The molecule has 2 N–H and O–H groups in total. The first-order chi connectivity index (χ1) is 4.63. The Morgan fingerprint density at radius 2 is 2.20 bits per heavy atom. The minimum absolute atomic E-state index is 0.0139. The summed E-state index contributed by atoms with van der Waals surface area (Å²) >= 11 is 1.30. The van der Waals surface area contributed by atoms with Crippen LogP contribution < -0.4 is 14.9 Å². The van der Waals surface area contributed by atoms with Gasteiger partial charge in [0.1, 0.15) is 0 Å². The first kappa shape index (κ1) is 9.60. The van der Waals surface area contributed by atoms with Crippen LogP contribution in [-0.4, -0.2) is 9.03 Å². The van der Waals surface area contributed by atoms with E-state index in [2.05, 4.69) is 4.37 Å². The molecule has 0 aliphatic rings. The molecule has 0 spiro atoms. The predicted octanol–water partition coefficient (Wildman–Crippen LogP) is -2.50. The van der Waals surface area contributed by atoms with Crippen LogP contribution in [0.25, 0.3) is 0 Å². The summed E-state index contributed by atoms with van der Waals surface area (Å²) in [6, 6.07) is 1.49. The Hall–Kier alpha value is -0.400. The second-order valence-electron chi connectivity index (χ2n) is 1.09. The maximum absolute atomic E-state index is 10.0. The Balaban J connectivity index is 0.000000180. The van der Waals surface area contributed by atoms with E-state index in [9.17, 15) is 4.79 Å². The average Bonchev–Trinajstić information content (AvgIpc) is 2.15. The third-order valence-electron chi connectivity index (χ3n) is 0.447. The van der Waals surface area contributed by atoms with Gasteiger partial charge in [0.15, 0.2) is 0 Å². The normalized spacial score (nSPS) is 8.80. The molecule has 0 fully saturated rings. The first-order valence-corrected chi connectivity index (χ1v) is 3.83. The van der Waals surface area contributed by atoms with Gasteiger partial charge >= 0.3 is 0 Å². The van der Waals surface area contributed by atoms with Crippen LogP contribution in [0.3, 0.4) is 0 Å². The molecular weight excluding hydrogens is 182 g/mol. The zero-order chi connectivity index (χ0) is 7.98. The van der Waals surface area contributed by atoms with Crippen molar-refractivity contribution >= 4 is 11.5 Å². The number of aromatic nitrogens is 1. The lowest BCUT2D eigenvalue weighted by Crippen LogP contribution is -2.30. The van der Waals surface area contributed by atoms with Gasteiger partial charge in [0.2, 0.25) is 0 Å². The van der Waals surface area contributed by atoms with Crippen LogP contribution in [0.1, 0.15) is 0 Å². The van der Waals surface area contributed by atoms with Crippen molar-refractivity contribution in [2.75, 3.05) is 0 Å². The summed E-state index contributed by atoms with van der Waals surface area (Å²) in [5, 5.41) is 1.71. The molecule has 58 valence electrons. The lowest BCUT2D eigenvalue weighted by atomic mass is 10.8. The van der Waals surface area contributed by atoms with Gasteiger partial charge in [-0.15, -0.1) is 0 Å². The second kappa shape index (κ2) is 5.39. The quantitative estimate of drug-likeness (QED) is 0.467. The highest BCUT2D eigenvalue weighted by molar-refractivity contribution is 7.03. The van der Waals surface area contributed by atoms with Crippen molar-refractivity contribution < 1.29 is 24.8 Å². The molecule has 1 aromatic heterocycles. The molecule has 0 aliphatic carbocycles. The van der Waals surface area contributed by atoms with Gasteiger partial charge in [0, 0.05) is 16.1 Å². The molecule has 0 atom stereocenters. The van der Waals surface area contributed by atoms with Crippen LogP contribution in [0.5, 0.6) is 0 Å². The number of rotatable bonds is 0. The summed E-state index contributed by atoms with van der Waals surface area (Å²) in [6.45, 7) is 0. The monoisotopic (exact) mass is 185 g/mol. The highest BCUT2D eigenvalue weighted by Crippen LogP contribution is 1.77. The number of hydrogen-bond acceptors (Lipinski definition) is 5. The zero-order valence-corrected chi connectivity index (χ0v) is 6.19. The average molecular weight is 186 g/mol. The minimum Gasteiger partial charge on any atom is -0.321 e. The molecule has 0 aliphatic heterocycles. The topological polar surface area (TPSA) is 99.2 Å². The van der Waals surface area contributed by atoms with E-state index < -0.39 is 10.8 Å². The summed E-state index contributed by atoms with van der Waals surface area (Å²) in [4.78, 5) is 10.0. The fourth-order valence-electron chi connectivity index (χ4n) is 0.222. The summed E-state index contributed by atoms with van der Waals surface area (Å²) in [7, 11) is -2.60. The van der Waals surface area contributed by atoms with E-state index in [1.165, 1.54) is 17.6 Å². The molecule has 0 bridgehead atoms. The molecule has 0 saturated carbocycles. The van der Waals surface area contributed by atoms with Crippen LogP contribution in [0, 0.1) is 10.8 Å². The smallest absolute Gasteiger partial charge is 0.282 e. The van der Waals surface area contributed by atoms with Crippen molar-refractivity contribution in [2.24, 2.45) is 0 Å². The van der Waals surface area contributed by atoms with E-state index in [0.717, 1.165) is 0 Å². The van der Waals surface area contributed by atoms with Crippen molar-refractivity contribution in [2.45, 2.75) is 0 Å². The van der Waals surface area contributed by atoms with Crippen molar-refractivity contribution in [1.82, 2.24) is 4.37 Å². The van der Waals surface area contributed by atoms with Crippen LogP contribution in [0.15, 0.2) is 16.2 Å². The third-order valence-corrected chi connectivity index (χ3v) is 1.04. The highest BCUT2D eigenvalue weighted by atomic mass is 35.6. The number of H-pyrrole nitrogens is 1. The van der Waals surface area contributed by atoms with E-state index in [0.29, 0.717) is 0 Å². The van der Waals surface area contributed by atoms with Gasteiger partial charge in [-0.2, -0.15) is 0 Å². The minimum atomic E-state index is -2.60. The van der Waals surface area contributed by atoms with Crippen molar-refractivity contribution in [1.29, 1.82) is 0 Å². The van der Waals surface area contributed by atoms with Crippen molar-refractivity contribution in [3.63, 3.8) is 0 Å². The highest BCUT2D eigenvalue weighted by Gasteiger charge is 1.79. The molecule has 1 rings (SSSR count). The van der Waals surface area contributed by atoms with E-state index in [1.54, 1.807) is 5.38 Å². The molecule has 5 nitrogen and oxygen atoms in total. The maximum atomic E-state index is 10.0. The fourth-order valence-corrected chi connectivity index (χ4v) is 0.666. The standard InChI is InChI=1S/C3H3NOS.ClHO3/c5-3-1-2-6-4-3;2-1(3)4/h1-2H,(H,4,5);2H. The van der Waals surface area contributed by atoms with Crippen molar-refractivity contribution in [3.8, 4) is 0 Å². The Morgan fingerprint density at radius 1 is 1.70 bits per heavy atom. The SMILES string of the molecule is O=c1ccs[nH]1.[O-][Cl+2]([O-])O. The zero-order valence-electron chi connectivity index (χ0n) is 4.61. The number of aromatic amines is 1. The predicted molar refractivity (Wildman–Crippen MR) is 27.2 cm³/mol. The third kappa shape index (κ3) is 7.60. The molecule has 0 radical (unpaired) electrons. The number of halogens is 1. The van der Waals surface area contributed by atoms with Gasteiger partial charge in [0.05, 0.1) is 0 Å². The lowest BCUT2D eigenvalue weighted by Gasteiger charge is -1.72. The molecule has 0 unspecified atom stereocenters. The van der Waals surface area contributed by atoms with Crippen molar-refractivity contribution in [3.05, 3.63) is 21.8 Å². The summed E-state index contributed by atoms with van der Waals surface area (Å²) in [6.07, 6.45) is 0. The van der Waals surface area contributed by atoms with E-state index >= 15 is 0 Å². The summed E-state index contributed by atoms with van der Waals surface area (Å²) in [5.41, 5.74) is -0.0139. The van der Waals surface area contributed by atoms with E-state index in [-0.39, 0.29) is 5.56 Å². The Kier molecular flexibility index (Phi) is 5.17. The van der Waals surface area contributed by atoms with Crippen LogP contribution in [0.2, 0.25) is 0 Å². The molecule has 0 saturated heterocycles. The van der Waals surface area contributed by atoms with Crippen LogP contribution in [0.4, 0.5) is 0 Å². The second-order valence-corrected chi connectivity index (χ2v) is 2.20. The molecule has 0 amide bonds. The van der Waals surface area contributed by atoms with Gasteiger partial charge in [-0.25, -0.2) is 0 Å². The molecule has 0 aromatic carbocycles. The Morgan fingerprint density at radius 3 is 2.30 bits per heavy atom. The Bertz CT molecular complexity index is 189. The van der Waals surface area contributed by atoms with Gasteiger partial charge in [-0.05, 0) is 0 Å². The van der Waals surface area contributed by atoms with Gasteiger partial charge < -0.3 is 9.32 Å². The Labute approximate surface area is 63.1 Å². The van der Waals surface area contributed by atoms with E-state index in [1.807, 2.05) is 0 Å². The number of hydrogen-bond donors (Lipinski definition) is 2. The number of nitrogens with one attached hydrogen (secondary N) is 1. The molecule has 1 heterocycles. The van der Waals surface area contributed by atoms with Gasteiger partial charge in [0.25, 0.3) is 16.3 Å². The summed E-state index contributed by atoms with van der Waals surface area (Å²) in [5.74, 6) is 0. The lowest BCUT2D eigenvalue weighted by molar-refractivity contribution is -1.63. The van der Waals surface area contributed by atoms with Gasteiger partial charge in [-0.1, -0.05) is 11.5 Å². The summed E-state index contributed by atoms with van der Waals surface area (Å²) < 4.78 is 26.5. The maximum Gasteiger partial charge on any atom is 0.282 e. The van der Waals surface area contributed by atoms with Crippen LogP contribution in [-0.2, 0) is 0 Å². The molecular formula is C3H4ClNO4S. The molecule has 7 heteroatoms. The molecule has 10 heavy (non-hydrogen) atoms.